The van der Waals surface area contributed by atoms with Gasteiger partial charge in [-0.3, -0.25) is 9.59 Å². The van der Waals surface area contributed by atoms with Crippen molar-refractivity contribution in [3.05, 3.63) is 0 Å². The van der Waals surface area contributed by atoms with E-state index < -0.39 is 0 Å². The Kier molecular flexibility index (Phi) is 2.68. The lowest BCUT2D eigenvalue weighted by Gasteiger charge is -2.09. The zero-order valence-corrected chi connectivity index (χ0v) is 7.29. The number of rotatable bonds is 2. The second-order valence-corrected chi connectivity index (χ2v) is 2.89. The van der Waals surface area contributed by atoms with Crippen LogP contribution in [0.1, 0.15) is 13.8 Å². The Morgan fingerprint density at radius 2 is 2.42 bits per heavy atom. The smallest absolute Gasteiger partial charge is 0.311 e. The van der Waals surface area contributed by atoms with Crippen molar-refractivity contribution < 1.29 is 14.3 Å². The Hall–Kier alpha value is -1.06. The lowest BCUT2D eigenvalue weighted by molar-refractivity contribution is -0.149. The molecule has 4 heteroatoms. The van der Waals surface area contributed by atoms with Gasteiger partial charge in [0.25, 0.3) is 0 Å². The fourth-order valence-electron chi connectivity index (χ4n) is 1.27. The second kappa shape index (κ2) is 3.56. The third-order valence-electron chi connectivity index (χ3n) is 2.10. The largest absolute Gasteiger partial charge is 0.466 e. The molecule has 1 amide bonds. The van der Waals surface area contributed by atoms with Crippen LogP contribution in [0.15, 0.2) is 0 Å². The molecule has 0 aromatic rings. The molecule has 1 fully saturated rings. The van der Waals surface area contributed by atoms with E-state index in [4.69, 9.17) is 4.74 Å². The van der Waals surface area contributed by atoms with Crippen LogP contribution in [-0.2, 0) is 14.3 Å². The number of amides is 1. The lowest BCUT2D eigenvalue weighted by atomic mass is 9.98. The molecule has 1 aliphatic rings. The molecular formula is C8H13NO3. The second-order valence-electron chi connectivity index (χ2n) is 2.89. The normalized spacial score (nSPS) is 28.3. The quantitative estimate of drug-likeness (QED) is 0.592. The van der Waals surface area contributed by atoms with Gasteiger partial charge < -0.3 is 10.1 Å². The highest BCUT2D eigenvalue weighted by Gasteiger charge is 2.36. The summed E-state index contributed by atoms with van der Waals surface area (Å²) in [5, 5.41) is 2.62. The van der Waals surface area contributed by atoms with E-state index in [0.29, 0.717) is 13.2 Å². The maximum Gasteiger partial charge on any atom is 0.311 e. The Labute approximate surface area is 71.3 Å². The summed E-state index contributed by atoms with van der Waals surface area (Å²) in [4.78, 5) is 22.2. The van der Waals surface area contributed by atoms with Gasteiger partial charge in [-0.1, -0.05) is 6.92 Å². The molecule has 2 atom stereocenters. The molecule has 1 aliphatic heterocycles. The van der Waals surface area contributed by atoms with Crippen LogP contribution in [0.2, 0.25) is 0 Å². The Morgan fingerprint density at radius 3 is 2.83 bits per heavy atom. The highest BCUT2D eigenvalue weighted by Crippen LogP contribution is 2.18. The van der Waals surface area contributed by atoms with Gasteiger partial charge in [0.1, 0.15) is 0 Å². The number of nitrogens with one attached hydrogen (secondary N) is 1. The zero-order chi connectivity index (χ0) is 9.14. The standard InChI is InChI=1S/C8H13NO3/c1-3-12-8(11)6-4-9-7(10)5(6)2/h5-6H,3-4H2,1-2H3,(H,9,10)/t5-,6+/m0/s1. The molecule has 1 heterocycles. The zero-order valence-electron chi connectivity index (χ0n) is 7.29. The third-order valence-corrected chi connectivity index (χ3v) is 2.10. The molecule has 0 saturated carbocycles. The topological polar surface area (TPSA) is 55.4 Å². The number of esters is 1. The summed E-state index contributed by atoms with van der Waals surface area (Å²) < 4.78 is 4.81. The molecule has 1 rings (SSSR count). The highest BCUT2D eigenvalue weighted by atomic mass is 16.5. The average Bonchev–Trinajstić information content (AvgIpc) is 2.34. The summed E-state index contributed by atoms with van der Waals surface area (Å²) in [6, 6.07) is 0. The van der Waals surface area contributed by atoms with Crippen molar-refractivity contribution in [2.24, 2.45) is 11.8 Å². The van der Waals surface area contributed by atoms with E-state index in [1.807, 2.05) is 0 Å². The molecule has 4 nitrogen and oxygen atoms in total. The van der Waals surface area contributed by atoms with E-state index in [-0.39, 0.29) is 23.7 Å². The van der Waals surface area contributed by atoms with Gasteiger partial charge in [0.2, 0.25) is 5.91 Å². The van der Waals surface area contributed by atoms with E-state index in [2.05, 4.69) is 5.32 Å². The molecular weight excluding hydrogens is 158 g/mol. The van der Waals surface area contributed by atoms with Crippen molar-refractivity contribution in [1.29, 1.82) is 0 Å². The first kappa shape index (κ1) is 9.03. The summed E-state index contributed by atoms with van der Waals surface area (Å²) in [6.45, 7) is 4.28. The molecule has 1 N–H and O–H groups in total. The summed E-state index contributed by atoms with van der Waals surface area (Å²) >= 11 is 0. The number of carbonyl (C=O) groups excluding carboxylic acids is 2. The van der Waals surface area contributed by atoms with Gasteiger partial charge in [0, 0.05) is 6.54 Å². The van der Waals surface area contributed by atoms with E-state index in [1.54, 1.807) is 13.8 Å². The van der Waals surface area contributed by atoms with Crippen LogP contribution in [0.3, 0.4) is 0 Å². The molecule has 0 aliphatic carbocycles. The summed E-state index contributed by atoms with van der Waals surface area (Å²) in [7, 11) is 0. The highest BCUT2D eigenvalue weighted by molar-refractivity contribution is 5.88. The van der Waals surface area contributed by atoms with Crippen LogP contribution in [0.5, 0.6) is 0 Å². The Morgan fingerprint density at radius 1 is 1.75 bits per heavy atom. The van der Waals surface area contributed by atoms with Crippen LogP contribution < -0.4 is 5.32 Å². The van der Waals surface area contributed by atoms with E-state index in [1.165, 1.54) is 0 Å². The predicted molar refractivity (Wildman–Crippen MR) is 42.3 cm³/mol. The monoisotopic (exact) mass is 171 g/mol. The van der Waals surface area contributed by atoms with Crippen molar-refractivity contribution in [3.63, 3.8) is 0 Å². The molecule has 0 unspecified atom stereocenters. The first-order chi connectivity index (χ1) is 5.66. The number of carbonyl (C=O) groups is 2. The molecule has 1 saturated heterocycles. The van der Waals surface area contributed by atoms with E-state index in [9.17, 15) is 9.59 Å². The SMILES string of the molecule is CCOC(=O)[C@@H]1CNC(=O)[C@H]1C. The Bertz CT molecular complexity index is 202. The van der Waals surface area contributed by atoms with E-state index in [0.717, 1.165) is 0 Å². The van der Waals surface area contributed by atoms with Crippen LogP contribution >= 0.6 is 0 Å². The minimum atomic E-state index is -0.294. The van der Waals surface area contributed by atoms with Crippen molar-refractivity contribution in [2.75, 3.05) is 13.2 Å². The van der Waals surface area contributed by atoms with Gasteiger partial charge in [-0.25, -0.2) is 0 Å². The molecule has 0 radical (unpaired) electrons. The van der Waals surface area contributed by atoms with Crippen LogP contribution in [0, 0.1) is 11.8 Å². The fraction of sp³-hybridized carbons (Fsp3) is 0.750. The number of hydrogen-bond donors (Lipinski definition) is 1. The maximum atomic E-state index is 11.2. The molecule has 0 bridgehead atoms. The number of ether oxygens (including phenoxy) is 1. The fourth-order valence-corrected chi connectivity index (χ4v) is 1.27. The molecule has 68 valence electrons. The summed E-state index contributed by atoms with van der Waals surface area (Å²) in [5.74, 6) is -0.877. The number of hydrogen-bond acceptors (Lipinski definition) is 3. The van der Waals surface area contributed by atoms with Crippen LogP contribution in [0.25, 0.3) is 0 Å². The van der Waals surface area contributed by atoms with Gasteiger partial charge in [0.15, 0.2) is 0 Å². The maximum absolute atomic E-state index is 11.2. The average molecular weight is 171 g/mol. The van der Waals surface area contributed by atoms with Gasteiger partial charge in [-0.15, -0.1) is 0 Å². The molecule has 0 aromatic heterocycles. The van der Waals surface area contributed by atoms with Gasteiger partial charge in [-0.05, 0) is 6.92 Å². The minimum absolute atomic E-state index is 0.0620. The third kappa shape index (κ3) is 1.57. The molecule has 0 spiro atoms. The van der Waals surface area contributed by atoms with Crippen molar-refractivity contribution in [2.45, 2.75) is 13.8 Å². The first-order valence-corrected chi connectivity index (χ1v) is 4.11. The summed E-state index contributed by atoms with van der Waals surface area (Å²) in [5.41, 5.74) is 0. The Balaban J connectivity index is 2.53. The van der Waals surface area contributed by atoms with Gasteiger partial charge >= 0.3 is 5.97 Å². The molecule has 12 heavy (non-hydrogen) atoms. The van der Waals surface area contributed by atoms with Crippen LogP contribution in [0.4, 0.5) is 0 Å². The van der Waals surface area contributed by atoms with Crippen molar-refractivity contribution in [1.82, 2.24) is 5.32 Å². The van der Waals surface area contributed by atoms with E-state index >= 15 is 0 Å². The first-order valence-electron chi connectivity index (χ1n) is 4.11. The van der Waals surface area contributed by atoms with Crippen molar-refractivity contribution >= 4 is 11.9 Å². The molecule has 0 aromatic carbocycles. The predicted octanol–water partition coefficient (Wildman–Crippen LogP) is -0.0684. The van der Waals surface area contributed by atoms with Gasteiger partial charge in [0.05, 0.1) is 18.4 Å². The summed E-state index contributed by atoms with van der Waals surface area (Å²) in [6.07, 6.45) is 0. The lowest BCUT2D eigenvalue weighted by Crippen LogP contribution is -2.24. The van der Waals surface area contributed by atoms with Crippen LogP contribution in [-0.4, -0.2) is 25.0 Å². The minimum Gasteiger partial charge on any atom is -0.466 e. The van der Waals surface area contributed by atoms with Gasteiger partial charge in [-0.2, -0.15) is 0 Å². The van der Waals surface area contributed by atoms with Crippen molar-refractivity contribution in [3.8, 4) is 0 Å².